The maximum absolute atomic E-state index is 10.1. The first kappa shape index (κ1) is 13.0. The second-order valence-electron chi connectivity index (χ2n) is 3.91. The maximum Gasteiger partial charge on any atom is 0.198 e. The third kappa shape index (κ3) is 2.07. The predicted molar refractivity (Wildman–Crippen MR) is 69.1 cm³/mol. The fourth-order valence-electron chi connectivity index (χ4n) is 1.81. The Balaban J connectivity index is 3.25. The molecular formula is C12H19NO2S. The fourth-order valence-corrected chi connectivity index (χ4v) is 2.46. The van der Waals surface area contributed by atoms with Crippen LogP contribution in [0.1, 0.15) is 25.8 Å². The van der Waals surface area contributed by atoms with Gasteiger partial charge in [-0.1, -0.05) is 6.08 Å². The molecule has 90 valence electrons. The molecule has 1 heterocycles. The molecule has 1 aromatic rings. The van der Waals surface area contributed by atoms with Crippen LogP contribution >= 0.6 is 11.8 Å². The van der Waals surface area contributed by atoms with Gasteiger partial charge in [-0.15, -0.1) is 6.58 Å². The van der Waals surface area contributed by atoms with Gasteiger partial charge in [-0.2, -0.15) is 11.8 Å². The monoisotopic (exact) mass is 241 g/mol. The molecule has 0 aromatic carbocycles. The van der Waals surface area contributed by atoms with E-state index in [2.05, 4.69) is 6.58 Å². The molecule has 0 amide bonds. The summed E-state index contributed by atoms with van der Waals surface area (Å²) in [4.78, 5) is 0. The smallest absolute Gasteiger partial charge is 0.198 e. The molecule has 0 spiro atoms. The Hall–Kier alpha value is -1.03. The molecule has 0 aliphatic heterocycles. The lowest BCUT2D eigenvalue weighted by molar-refractivity contribution is 0.369. The van der Waals surface area contributed by atoms with Gasteiger partial charge in [0.05, 0.1) is 0 Å². The Bertz CT molecular complexity index is 387. The van der Waals surface area contributed by atoms with Crippen molar-refractivity contribution in [2.45, 2.75) is 31.6 Å². The molecule has 1 atom stereocenters. The number of aromatic nitrogens is 1. The molecule has 0 fully saturated rings. The molecular weight excluding hydrogens is 222 g/mol. The molecule has 0 aliphatic rings. The molecule has 16 heavy (non-hydrogen) atoms. The van der Waals surface area contributed by atoms with Crippen molar-refractivity contribution < 1.29 is 10.2 Å². The zero-order chi connectivity index (χ0) is 12.3. The summed E-state index contributed by atoms with van der Waals surface area (Å²) in [5, 5.41) is 19.8. The summed E-state index contributed by atoms with van der Waals surface area (Å²) >= 11 is 1.64. The normalized spacial score (nSPS) is 14.7. The van der Waals surface area contributed by atoms with Crippen LogP contribution in [0.15, 0.2) is 18.7 Å². The van der Waals surface area contributed by atoms with Crippen molar-refractivity contribution in [3.8, 4) is 11.8 Å². The molecule has 0 saturated heterocycles. The highest BCUT2D eigenvalue weighted by molar-refractivity contribution is 7.99. The van der Waals surface area contributed by atoms with Gasteiger partial charge in [-0.3, -0.25) is 4.57 Å². The third-order valence-corrected chi connectivity index (χ3v) is 4.20. The second kappa shape index (κ2) is 4.87. The summed E-state index contributed by atoms with van der Waals surface area (Å²) in [5.41, 5.74) is 0.763. The van der Waals surface area contributed by atoms with E-state index in [9.17, 15) is 10.2 Å². The first-order chi connectivity index (χ1) is 7.50. The largest absolute Gasteiger partial charge is 0.494 e. The highest BCUT2D eigenvalue weighted by Crippen LogP contribution is 2.45. The van der Waals surface area contributed by atoms with Gasteiger partial charge in [0.2, 0.25) is 0 Å². The summed E-state index contributed by atoms with van der Waals surface area (Å²) < 4.78 is 1.25. The average Bonchev–Trinajstić information content (AvgIpc) is 2.54. The van der Waals surface area contributed by atoms with Gasteiger partial charge in [0, 0.05) is 22.9 Å². The molecule has 0 bridgehead atoms. The Morgan fingerprint density at radius 2 is 2.19 bits per heavy atom. The number of hydrogen-bond acceptors (Lipinski definition) is 3. The van der Waals surface area contributed by atoms with Crippen LogP contribution in [0.3, 0.4) is 0 Å². The standard InChI is InChI=1S/C12H19NO2S/c1-5-7-12(3,16-4)9-8-10(14)13(6-2)11(9)15/h5,8,14-15H,1,6-7H2,2-4H3. The van der Waals surface area contributed by atoms with Gasteiger partial charge < -0.3 is 10.2 Å². The third-order valence-electron chi connectivity index (χ3n) is 2.92. The van der Waals surface area contributed by atoms with Crippen LogP contribution in [0, 0.1) is 0 Å². The van der Waals surface area contributed by atoms with Gasteiger partial charge in [0.1, 0.15) is 0 Å². The summed E-state index contributed by atoms with van der Waals surface area (Å²) in [6.45, 7) is 8.20. The van der Waals surface area contributed by atoms with E-state index in [0.29, 0.717) is 6.54 Å². The fraction of sp³-hybridized carbons (Fsp3) is 0.500. The number of allylic oxidation sites excluding steroid dienone is 1. The molecule has 1 aromatic heterocycles. The van der Waals surface area contributed by atoms with E-state index < -0.39 is 0 Å². The van der Waals surface area contributed by atoms with Crippen LogP contribution in [0.25, 0.3) is 0 Å². The predicted octanol–water partition coefficient (Wildman–Crippen LogP) is 3.07. The van der Waals surface area contributed by atoms with E-state index in [4.69, 9.17) is 0 Å². The van der Waals surface area contributed by atoms with Gasteiger partial charge in [-0.05, 0) is 26.5 Å². The van der Waals surface area contributed by atoms with E-state index in [1.54, 1.807) is 17.8 Å². The van der Waals surface area contributed by atoms with Gasteiger partial charge in [0.15, 0.2) is 11.8 Å². The second-order valence-corrected chi connectivity index (χ2v) is 5.22. The molecule has 0 radical (unpaired) electrons. The van der Waals surface area contributed by atoms with Crippen molar-refractivity contribution in [2.24, 2.45) is 0 Å². The van der Waals surface area contributed by atoms with Gasteiger partial charge in [-0.25, -0.2) is 0 Å². The van der Waals surface area contributed by atoms with Crippen LogP contribution in [-0.2, 0) is 11.3 Å². The van der Waals surface area contributed by atoms with Gasteiger partial charge in [0.25, 0.3) is 0 Å². The van der Waals surface area contributed by atoms with Crippen LogP contribution < -0.4 is 0 Å². The van der Waals surface area contributed by atoms with E-state index in [0.717, 1.165) is 12.0 Å². The van der Waals surface area contributed by atoms with E-state index in [1.165, 1.54) is 4.57 Å². The first-order valence-corrected chi connectivity index (χ1v) is 6.50. The SMILES string of the molecule is C=CCC(C)(SC)c1cc(O)n(CC)c1O. The molecule has 1 rings (SSSR count). The number of hydrogen-bond donors (Lipinski definition) is 2. The summed E-state index contributed by atoms with van der Waals surface area (Å²) in [5.74, 6) is 0.262. The Labute approximate surface area is 101 Å². The molecule has 4 heteroatoms. The van der Waals surface area contributed by atoms with Crippen molar-refractivity contribution in [3.05, 3.63) is 24.3 Å². The van der Waals surface area contributed by atoms with Crippen LogP contribution in [-0.4, -0.2) is 21.0 Å². The minimum absolute atomic E-state index is 0.110. The van der Waals surface area contributed by atoms with Crippen molar-refractivity contribution in [1.82, 2.24) is 4.57 Å². The van der Waals surface area contributed by atoms with Crippen molar-refractivity contribution >= 4 is 11.8 Å². The minimum atomic E-state index is -0.246. The first-order valence-electron chi connectivity index (χ1n) is 5.28. The molecule has 0 saturated carbocycles. The lowest BCUT2D eigenvalue weighted by atomic mass is 9.99. The molecule has 2 N–H and O–H groups in total. The van der Waals surface area contributed by atoms with E-state index >= 15 is 0 Å². The average molecular weight is 241 g/mol. The topological polar surface area (TPSA) is 45.4 Å². The van der Waals surface area contributed by atoms with E-state index in [1.807, 2.05) is 26.2 Å². The Kier molecular flexibility index (Phi) is 3.97. The number of nitrogens with zero attached hydrogens (tertiary/aromatic N) is 1. The molecule has 1 unspecified atom stereocenters. The lowest BCUT2D eigenvalue weighted by Gasteiger charge is -2.25. The molecule has 3 nitrogen and oxygen atoms in total. The number of thioether (sulfide) groups is 1. The zero-order valence-electron chi connectivity index (χ0n) is 10.0. The highest BCUT2D eigenvalue weighted by atomic mass is 32.2. The van der Waals surface area contributed by atoms with E-state index in [-0.39, 0.29) is 16.5 Å². The maximum atomic E-state index is 10.1. The summed E-state index contributed by atoms with van der Waals surface area (Å²) in [7, 11) is 0. The summed E-state index contributed by atoms with van der Waals surface area (Å²) in [6.07, 6.45) is 4.56. The van der Waals surface area contributed by atoms with Crippen LogP contribution in [0.2, 0.25) is 0 Å². The van der Waals surface area contributed by atoms with Crippen LogP contribution in [0.4, 0.5) is 0 Å². The lowest BCUT2D eigenvalue weighted by Crippen LogP contribution is -2.15. The van der Waals surface area contributed by atoms with Crippen molar-refractivity contribution in [3.63, 3.8) is 0 Å². The number of rotatable bonds is 5. The minimum Gasteiger partial charge on any atom is -0.494 e. The Morgan fingerprint density at radius 3 is 2.56 bits per heavy atom. The number of aromatic hydroxyl groups is 2. The molecule has 0 aliphatic carbocycles. The quantitative estimate of drug-likeness (QED) is 0.779. The zero-order valence-corrected chi connectivity index (χ0v) is 10.8. The Morgan fingerprint density at radius 1 is 1.56 bits per heavy atom. The van der Waals surface area contributed by atoms with Crippen molar-refractivity contribution in [2.75, 3.05) is 6.26 Å². The highest BCUT2D eigenvalue weighted by Gasteiger charge is 2.30. The van der Waals surface area contributed by atoms with Crippen molar-refractivity contribution in [1.29, 1.82) is 0 Å². The summed E-state index contributed by atoms with van der Waals surface area (Å²) in [6, 6.07) is 1.64. The van der Waals surface area contributed by atoms with Gasteiger partial charge >= 0.3 is 0 Å². The van der Waals surface area contributed by atoms with Crippen LogP contribution in [0.5, 0.6) is 11.8 Å².